The molecule has 0 radical (unpaired) electrons. The summed E-state index contributed by atoms with van der Waals surface area (Å²) in [6.07, 6.45) is 1.11. The van der Waals surface area contributed by atoms with E-state index in [-0.39, 0.29) is 18.3 Å². The standard InChI is InChI=1S/C11H17N3OS2.ClH/c1-2-8-6-14(3-4-16-8)11(15)9-7-17-10(5-12)13-9;/h7-8H,2-6,12H2,1H3;1H. The minimum atomic E-state index is 0. The third-order valence-electron chi connectivity index (χ3n) is 2.83. The smallest absolute Gasteiger partial charge is 0.273 e. The van der Waals surface area contributed by atoms with E-state index < -0.39 is 0 Å². The van der Waals surface area contributed by atoms with E-state index in [0.717, 1.165) is 30.3 Å². The van der Waals surface area contributed by atoms with Crippen LogP contribution in [0.4, 0.5) is 0 Å². The molecule has 2 heterocycles. The van der Waals surface area contributed by atoms with Crippen LogP contribution in [0.25, 0.3) is 0 Å². The molecule has 0 aromatic carbocycles. The lowest BCUT2D eigenvalue weighted by Gasteiger charge is -2.31. The Labute approximate surface area is 122 Å². The molecule has 0 bridgehead atoms. The highest BCUT2D eigenvalue weighted by atomic mass is 35.5. The molecule has 1 atom stereocenters. The maximum absolute atomic E-state index is 12.2. The Morgan fingerprint density at radius 2 is 2.44 bits per heavy atom. The SMILES string of the molecule is CCC1CN(C(=O)c2csc(CN)n2)CCS1.Cl. The Morgan fingerprint density at radius 3 is 3.06 bits per heavy atom. The minimum Gasteiger partial charge on any atom is -0.335 e. The van der Waals surface area contributed by atoms with Crippen molar-refractivity contribution in [1.29, 1.82) is 0 Å². The van der Waals surface area contributed by atoms with Gasteiger partial charge in [-0.05, 0) is 6.42 Å². The average molecular weight is 308 g/mol. The molecule has 1 saturated heterocycles. The lowest BCUT2D eigenvalue weighted by atomic mass is 10.2. The molecule has 18 heavy (non-hydrogen) atoms. The van der Waals surface area contributed by atoms with Crippen molar-refractivity contribution in [3.05, 3.63) is 16.1 Å². The predicted octanol–water partition coefficient (Wildman–Crippen LogP) is 1.99. The van der Waals surface area contributed by atoms with Gasteiger partial charge >= 0.3 is 0 Å². The summed E-state index contributed by atoms with van der Waals surface area (Å²) in [7, 11) is 0. The Morgan fingerprint density at radius 1 is 1.67 bits per heavy atom. The van der Waals surface area contributed by atoms with Crippen molar-refractivity contribution in [3.63, 3.8) is 0 Å². The number of rotatable bonds is 3. The number of nitrogens with zero attached hydrogens (tertiary/aromatic N) is 2. The molecule has 1 aliphatic rings. The molecule has 1 aliphatic heterocycles. The van der Waals surface area contributed by atoms with Crippen LogP contribution in [0.5, 0.6) is 0 Å². The number of carbonyl (C=O) groups excluding carboxylic acids is 1. The van der Waals surface area contributed by atoms with Gasteiger partial charge < -0.3 is 10.6 Å². The summed E-state index contributed by atoms with van der Waals surface area (Å²) in [5, 5.41) is 3.21. The molecule has 1 aromatic rings. The van der Waals surface area contributed by atoms with Crippen LogP contribution >= 0.6 is 35.5 Å². The molecule has 0 aliphatic carbocycles. The number of hydrogen-bond acceptors (Lipinski definition) is 5. The zero-order chi connectivity index (χ0) is 12.3. The molecule has 7 heteroatoms. The molecular weight excluding hydrogens is 290 g/mol. The van der Waals surface area contributed by atoms with Gasteiger partial charge in [-0.1, -0.05) is 6.92 Å². The lowest BCUT2D eigenvalue weighted by molar-refractivity contribution is 0.0755. The normalized spacial score (nSPS) is 19.4. The van der Waals surface area contributed by atoms with Crippen LogP contribution in [0.2, 0.25) is 0 Å². The number of halogens is 1. The van der Waals surface area contributed by atoms with Crippen LogP contribution in [0.1, 0.15) is 28.8 Å². The second-order valence-electron chi connectivity index (χ2n) is 3.98. The molecule has 0 spiro atoms. The zero-order valence-electron chi connectivity index (χ0n) is 10.3. The van der Waals surface area contributed by atoms with Gasteiger partial charge in [0.1, 0.15) is 10.7 Å². The molecule has 4 nitrogen and oxygen atoms in total. The van der Waals surface area contributed by atoms with Gasteiger partial charge in [0, 0.05) is 36.0 Å². The number of carbonyl (C=O) groups is 1. The van der Waals surface area contributed by atoms with Gasteiger partial charge in [-0.25, -0.2) is 4.98 Å². The van der Waals surface area contributed by atoms with Crippen molar-refractivity contribution >= 4 is 41.4 Å². The van der Waals surface area contributed by atoms with Crippen LogP contribution in [0, 0.1) is 0 Å². The molecule has 1 aromatic heterocycles. The summed E-state index contributed by atoms with van der Waals surface area (Å²) < 4.78 is 0. The van der Waals surface area contributed by atoms with Crippen molar-refractivity contribution in [2.24, 2.45) is 5.73 Å². The fraction of sp³-hybridized carbons (Fsp3) is 0.636. The molecule has 0 saturated carbocycles. The number of nitrogens with two attached hydrogens (primary N) is 1. The number of amides is 1. The van der Waals surface area contributed by atoms with Crippen molar-refractivity contribution in [2.75, 3.05) is 18.8 Å². The van der Waals surface area contributed by atoms with E-state index >= 15 is 0 Å². The molecule has 1 fully saturated rings. The molecule has 1 unspecified atom stereocenters. The van der Waals surface area contributed by atoms with Crippen LogP contribution < -0.4 is 5.73 Å². The molecule has 102 valence electrons. The molecule has 2 N–H and O–H groups in total. The Bertz CT molecular complexity index is 399. The molecule has 2 rings (SSSR count). The lowest BCUT2D eigenvalue weighted by Crippen LogP contribution is -2.41. The second-order valence-corrected chi connectivity index (χ2v) is 6.33. The number of hydrogen-bond donors (Lipinski definition) is 1. The third kappa shape index (κ3) is 3.60. The van der Waals surface area contributed by atoms with Crippen LogP contribution in [0.15, 0.2) is 5.38 Å². The van der Waals surface area contributed by atoms with Gasteiger partial charge in [0.25, 0.3) is 5.91 Å². The summed E-state index contributed by atoms with van der Waals surface area (Å²) in [6, 6.07) is 0. The highest BCUT2D eigenvalue weighted by Gasteiger charge is 2.25. The largest absolute Gasteiger partial charge is 0.335 e. The van der Waals surface area contributed by atoms with Crippen molar-refractivity contribution < 1.29 is 4.79 Å². The number of thiazole rings is 1. The number of thioether (sulfide) groups is 1. The summed E-state index contributed by atoms with van der Waals surface area (Å²) >= 11 is 3.42. The summed E-state index contributed by atoms with van der Waals surface area (Å²) in [5.74, 6) is 1.08. The van der Waals surface area contributed by atoms with E-state index in [9.17, 15) is 4.79 Å². The van der Waals surface area contributed by atoms with Gasteiger partial charge in [0.2, 0.25) is 0 Å². The van der Waals surface area contributed by atoms with Gasteiger partial charge in [-0.3, -0.25) is 4.79 Å². The summed E-state index contributed by atoms with van der Waals surface area (Å²) in [4.78, 5) is 18.4. The monoisotopic (exact) mass is 307 g/mol. The minimum absolute atomic E-state index is 0. The van der Waals surface area contributed by atoms with Gasteiger partial charge in [0.05, 0.1) is 0 Å². The van der Waals surface area contributed by atoms with E-state index in [4.69, 9.17) is 5.73 Å². The van der Waals surface area contributed by atoms with E-state index in [0.29, 0.717) is 17.5 Å². The van der Waals surface area contributed by atoms with E-state index in [1.54, 1.807) is 0 Å². The highest BCUT2D eigenvalue weighted by molar-refractivity contribution is 8.00. The van der Waals surface area contributed by atoms with Crippen molar-refractivity contribution in [3.8, 4) is 0 Å². The maximum atomic E-state index is 12.2. The zero-order valence-corrected chi connectivity index (χ0v) is 12.7. The summed E-state index contributed by atoms with van der Waals surface area (Å²) in [5.41, 5.74) is 6.06. The van der Waals surface area contributed by atoms with Crippen LogP contribution in [-0.2, 0) is 6.54 Å². The first-order chi connectivity index (χ1) is 8.24. The van der Waals surface area contributed by atoms with Gasteiger partial charge in [-0.15, -0.1) is 23.7 Å². The Balaban J connectivity index is 0.00000162. The number of aromatic nitrogens is 1. The second kappa shape index (κ2) is 7.33. The average Bonchev–Trinajstić information content (AvgIpc) is 2.86. The highest BCUT2D eigenvalue weighted by Crippen LogP contribution is 2.22. The first kappa shape index (κ1) is 15.8. The van der Waals surface area contributed by atoms with E-state index in [2.05, 4.69) is 11.9 Å². The van der Waals surface area contributed by atoms with Crippen LogP contribution in [-0.4, -0.2) is 39.9 Å². The summed E-state index contributed by atoms with van der Waals surface area (Å²) in [6.45, 7) is 4.25. The topological polar surface area (TPSA) is 59.2 Å². The maximum Gasteiger partial charge on any atom is 0.273 e. The first-order valence-electron chi connectivity index (χ1n) is 5.80. The van der Waals surface area contributed by atoms with E-state index in [1.165, 1.54) is 11.3 Å². The molecule has 1 amide bonds. The third-order valence-corrected chi connectivity index (χ3v) is 5.07. The predicted molar refractivity (Wildman–Crippen MR) is 79.7 cm³/mol. The quantitative estimate of drug-likeness (QED) is 0.928. The fourth-order valence-electron chi connectivity index (χ4n) is 1.82. The van der Waals surface area contributed by atoms with Crippen LogP contribution in [0.3, 0.4) is 0 Å². The molecular formula is C11H18ClN3OS2. The van der Waals surface area contributed by atoms with Crippen molar-refractivity contribution in [1.82, 2.24) is 9.88 Å². The fourth-order valence-corrected chi connectivity index (χ4v) is 3.64. The van der Waals surface area contributed by atoms with E-state index in [1.807, 2.05) is 22.0 Å². The van der Waals surface area contributed by atoms with Crippen molar-refractivity contribution in [2.45, 2.75) is 25.1 Å². The Kier molecular flexibility index (Phi) is 6.42. The van der Waals surface area contributed by atoms with Gasteiger partial charge in [0.15, 0.2) is 0 Å². The first-order valence-corrected chi connectivity index (χ1v) is 7.72. The van der Waals surface area contributed by atoms with Gasteiger partial charge in [-0.2, -0.15) is 11.8 Å². The Hall–Kier alpha value is -0.300.